The summed E-state index contributed by atoms with van der Waals surface area (Å²) in [6.07, 6.45) is 7.93. The van der Waals surface area contributed by atoms with Gasteiger partial charge in [0.15, 0.2) is 0 Å². The summed E-state index contributed by atoms with van der Waals surface area (Å²) in [6, 6.07) is 10.5. The molecule has 0 atom stereocenters. The molecule has 0 saturated carbocycles. The molecule has 108 valence electrons. The van der Waals surface area contributed by atoms with E-state index < -0.39 is 0 Å². The fraction of sp³-hybridized carbons (Fsp3) is 0.474. The van der Waals surface area contributed by atoms with Crippen LogP contribution in [0.3, 0.4) is 0 Å². The number of nitrogens with one attached hydrogen (secondary N) is 1. The minimum Gasteiger partial charge on any atom is -0.313 e. The molecule has 0 radical (unpaired) electrons. The monoisotopic (exact) mass is 269 g/mol. The van der Waals surface area contributed by atoms with Crippen molar-refractivity contribution >= 4 is 5.57 Å². The normalized spacial score (nSPS) is 11.0. The summed E-state index contributed by atoms with van der Waals surface area (Å²) >= 11 is 0. The highest BCUT2D eigenvalue weighted by atomic mass is 14.8. The molecule has 0 aliphatic carbocycles. The van der Waals surface area contributed by atoms with Crippen LogP contribution in [0.4, 0.5) is 0 Å². The summed E-state index contributed by atoms with van der Waals surface area (Å²) < 4.78 is 0. The fourth-order valence-electron chi connectivity index (χ4n) is 1.89. The van der Waals surface area contributed by atoms with Crippen molar-refractivity contribution in [1.29, 1.82) is 0 Å². The minimum atomic E-state index is 0.895. The third-order valence-electron chi connectivity index (χ3n) is 3.17. The van der Waals surface area contributed by atoms with Gasteiger partial charge in [-0.2, -0.15) is 0 Å². The van der Waals surface area contributed by atoms with E-state index in [1.807, 2.05) is 0 Å². The van der Waals surface area contributed by atoms with E-state index in [4.69, 9.17) is 0 Å². The highest BCUT2D eigenvalue weighted by molar-refractivity contribution is 5.69. The van der Waals surface area contributed by atoms with Crippen LogP contribution in [0, 0.1) is 11.8 Å². The summed E-state index contributed by atoms with van der Waals surface area (Å²) in [5, 5.41) is 3.50. The van der Waals surface area contributed by atoms with Gasteiger partial charge in [0.25, 0.3) is 0 Å². The molecule has 0 bridgehead atoms. The molecule has 0 aliphatic heterocycles. The second-order valence-electron chi connectivity index (χ2n) is 4.99. The summed E-state index contributed by atoms with van der Waals surface area (Å²) in [5.41, 5.74) is 2.55. The first kappa shape index (κ1) is 16.5. The van der Waals surface area contributed by atoms with E-state index in [-0.39, 0.29) is 0 Å². The lowest BCUT2D eigenvalue weighted by molar-refractivity contribution is 0.685. The molecule has 0 unspecified atom stereocenters. The average molecular weight is 269 g/mol. The van der Waals surface area contributed by atoms with Crippen LogP contribution in [-0.2, 0) is 0 Å². The van der Waals surface area contributed by atoms with Gasteiger partial charge in [0.1, 0.15) is 0 Å². The third kappa shape index (κ3) is 7.16. The minimum absolute atomic E-state index is 0.895. The zero-order valence-corrected chi connectivity index (χ0v) is 12.9. The molecule has 1 heteroatoms. The third-order valence-corrected chi connectivity index (χ3v) is 3.17. The van der Waals surface area contributed by atoms with Crippen molar-refractivity contribution in [1.82, 2.24) is 5.32 Å². The molecule has 1 nitrogen and oxygen atoms in total. The Morgan fingerprint density at radius 2 is 1.85 bits per heavy atom. The zero-order valence-electron chi connectivity index (χ0n) is 12.9. The number of unbranched alkanes of at least 4 members (excludes halogenated alkanes) is 3. The zero-order chi connectivity index (χ0) is 14.5. The predicted octanol–water partition coefficient (Wildman–Crippen LogP) is 4.65. The van der Waals surface area contributed by atoms with Gasteiger partial charge in [0.2, 0.25) is 0 Å². The quantitative estimate of drug-likeness (QED) is 0.535. The Bertz CT molecular complexity index is 434. The number of rotatable bonds is 8. The second kappa shape index (κ2) is 11.3. The summed E-state index contributed by atoms with van der Waals surface area (Å²) in [5.74, 6) is 6.44. The average Bonchev–Trinajstić information content (AvgIpc) is 2.50. The molecule has 1 rings (SSSR count). The Balaban J connectivity index is 2.63. The lowest BCUT2D eigenvalue weighted by Gasteiger charge is -2.08. The number of hydrogen-bond donors (Lipinski definition) is 1. The van der Waals surface area contributed by atoms with Gasteiger partial charge in [-0.1, -0.05) is 68.9 Å². The van der Waals surface area contributed by atoms with Crippen molar-refractivity contribution in [2.75, 3.05) is 13.1 Å². The Morgan fingerprint density at radius 3 is 2.55 bits per heavy atom. The first-order valence-corrected chi connectivity index (χ1v) is 7.82. The van der Waals surface area contributed by atoms with E-state index in [1.165, 1.54) is 36.8 Å². The molecule has 20 heavy (non-hydrogen) atoms. The van der Waals surface area contributed by atoms with E-state index in [0.717, 1.165) is 19.5 Å². The molecule has 0 spiro atoms. The van der Waals surface area contributed by atoms with Gasteiger partial charge < -0.3 is 5.32 Å². The number of allylic oxidation sites excluding steroid dienone is 1. The molecule has 1 N–H and O–H groups in total. The molecule has 0 fully saturated rings. The highest BCUT2D eigenvalue weighted by Crippen LogP contribution is 2.12. The molecule has 0 aromatic heterocycles. The molecule has 1 aromatic rings. The van der Waals surface area contributed by atoms with Crippen LogP contribution in [0.25, 0.3) is 5.57 Å². The van der Waals surface area contributed by atoms with Crippen molar-refractivity contribution < 1.29 is 0 Å². The smallest absolute Gasteiger partial charge is 0.0217 e. The van der Waals surface area contributed by atoms with E-state index in [2.05, 4.69) is 67.4 Å². The molecule has 0 amide bonds. The van der Waals surface area contributed by atoms with E-state index in [1.54, 1.807) is 0 Å². The van der Waals surface area contributed by atoms with Crippen LogP contribution in [-0.4, -0.2) is 13.1 Å². The Kier molecular flexibility index (Phi) is 9.36. The Labute approximate surface area is 124 Å². The van der Waals surface area contributed by atoms with E-state index in [9.17, 15) is 0 Å². The lowest BCUT2D eigenvalue weighted by atomic mass is 10.1. The largest absolute Gasteiger partial charge is 0.313 e. The molecular formula is C19H27N. The molecule has 0 aliphatic rings. The topological polar surface area (TPSA) is 12.0 Å². The highest BCUT2D eigenvalue weighted by Gasteiger charge is 1.99. The van der Waals surface area contributed by atoms with Gasteiger partial charge in [-0.3, -0.25) is 0 Å². The van der Waals surface area contributed by atoms with Crippen LogP contribution < -0.4 is 5.32 Å². The number of benzene rings is 1. The van der Waals surface area contributed by atoms with Gasteiger partial charge in [-0.15, -0.1) is 0 Å². The maximum atomic E-state index is 3.50. The van der Waals surface area contributed by atoms with Crippen LogP contribution in [0.15, 0.2) is 36.4 Å². The summed E-state index contributed by atoms with van der Waals surface area (Å²) in [7, 11) is 0. The van der Waals surface area contributed by atoms with Crippen LogP contribution in [0.2, 0.25) is 0 Å². The maximum absolute atomic E-state index is 3.50. The van der Waals surface area contributed by atoms with Gasteiger partial charge in [0.05, 0.1) is 0 Å². The fourth-order valence-corrected chi connectivity index (χ4v) is 1.89. The van der Waals surface area contributed by atoms with Crippen molar-refractivity contribution in [3.63, 3.8) is 0 Å². The van der Waals surface area contributed by atoms with Gasteiger partial charge in [-0.25, -0.2) is 0 Å². The molecule has 0 heterocycles. The van der Waals surface area contributed by atoms with E-state index >= 15 is 0 Å². The first-order chi connectivity index (χ1) is 9.88. The maximum Gasteiger partial charge on any atom is 0.0217 e. The van der Waals surface area contributed by atoms with Crippen molar-refractivity contribution in [2.45, 2.75) is 46.0 Å². The van der Waals surface area contributed by atoms with Crippen molar-refractivity contribution in [2.24, 2.45) is 0 Å². The lowest BCUT2D eigenvalue weighted by Crippen LogP contribution is -2.17. The number of hydrogen-bond acceptors (Lipinski definition) is 1. The van der Waals surface area contributed by atoms with Crippen LogP contribution >= 0.6 is 0 Å². The first-order valence-electron chi connectivity index (χ1n) is 7.82. The second-order valence-corrected chi connectivity index (χ2v) is 4.99. The SMILES string of the molecule is CCCCC#C/C=C(\CNCCCC)c1ccccc1. The van der Waals surface area contributed by atoms with Crippen LogP contribution in [0.5, 0.6) is 0 Å². The van der Waals surface area contributed by atoms with E-state index in [0.29, 0.717) is 0 Å². The molecular weight excluding hydrogens is 242 g/mol. The van der Waals surface area contributed by atoms with Gasteiger partial charge >= 0.3 is 0 Å². The van der Waals surface area contributed by atoms with Crippen molar-refractivity contribution in [3.8, 4) is 11.8 Å². The summed E-state index contributed by atoms with van der Waals surface area (Å²) in [4.78, 5) is 0. The Hall–Kier alpha value is -1.52. The van der Waals surface area contributed by atoms with Crippen LogP contribution in [0.1, 0.15) is 51.5 Å². The standard InChI is InChI=1S/C19H27N/c1-3-5-7-8-10-15-19(17-20-16-6-4-2)18-13-11-9-12-14-18/h9,11-15,20H,3-7,16-17H2,1-2H3/b19-15+. The molecule has 1 aromatic carbocycles. The Morgan fingerprint density at radius 1 is 1.10 bits per heavy atom. The van der Waals surface area contributed by atoms with Gasteiger partial charge in [-0.05, 0) is 36.6 Å². The van der Waals surface area contributed by atoms with Gasteiger partial charge in [0, 0.05) is 13.0 Å². The summed E-state index contributed by atoms with van der Waals surface area (Å²) in [6.45, 7) is 6.38. The molecule has 0 saturated heterocycles. The predicted molar refractivity (Wildman–Crippen MR) is 89.5 cm³/mol. The van der Waals surface area contributed by atoms with Crippen molar-refractivity contribution in [3.05, 3.63) is 42.0 Å².